The molecule has 3 rings (SSSR count). The first-order valence-electron chi connectivity index (χ1n) is 8.80. The first-order chi connectivity index (χ1) is 13.7. The Hall–Kier alpha value is -2.24. The highest BCUT2D eigenvalue weighted by molar-refractivity contribution is 7.99. The zero-order valence-electron chi connectivity index (χ0n) is 16.3. The highest BCUT2D eigenvalue weighted by Gasteiger charge is 2.18. The summed E-state index contributed by atoms with van der Waals surface area (Å²) in [6.07, 6.45) is 0. The van der Waals surface area contributed by atoms with Crippen molar-refractivity contribution in [1.29, 1.82) is 0 Å². The van der Waals surface area contributed by atoms with Crippen molar-refractivity contribution in [3.63, 3.8) is 0 Å². The second-order valence-electron chi connectivity index (χ2n) is 6.71. The second kappa shape index (κ2) is 9.06. The predicted molar refractivity (Wildman–Crippen MR) is 116 cm³/mol. The van der Waals surface area contributed by atoms with Gasteiger partial charge in [0.15, 0.2) is 10.3 Å². The molecule has 3 heterocycles. The molecular weight excluding hydrogens is 432 g/mol. The number of fused-ring (bicyclic) bond motifs is 1. The van der Waals surface area contributed by atoms with E-state index in [4.69, 9.17) is 4.74 Å². The van der Waals surface area contributed by atoms with E-state index >= 15 is 0 Å². The number of nitrogens with one attached hydrogen (secondary N) is 2. The maximum absolute atomic E-state index is 12.2. The van der Waals surface area contributed by atoms with E-state index in [2.05, 4.69) is 20.3 Å². The fourth-order valence-electron chi connectivity index (χ4n) is 2.34. The van der Waals surface area contributed by atoms with Crippen LogP contribution in [-0.4, -0.2) is 39.2 Å². The summed E-state index contributed by atoms with van der Waals surface area (Å²) < 4.78 is 5.22. The van der Waals surface area contributed by atoms with Gasteiger partial charge >= 0.3 is 5.97 Å². The van der Waals surface area contributed by atoms with Gasteiger partial charge in [0.05, 0.1) is 23.4 Å². The Kier molecular flexibility index (Phi) is 6.70. The largest absolute Gasteiger partial charge is 0.461 e. The summed E-state index contributed by atoms with van der Waals surface area (Å²) in [5, 5.41) is 3.94. The molecule has 0 aliphatic heterocycles. The maximum atomic E-state index is 12.2. The van der Waals surface area contributed by atoms with Gasteiger partial charge in [0, 0.05) is 4.88 Å². The second-order valence-corrected chi connectivity index (χ2v) is 9.91. The summed E-state index contributed by atoms with van der Waals surface area (Å²) in [6.45, 7) is 7.84. The summed E-state index contributed by atoms with van der Waals surface area (Å²) >= 11 is 3.64. The Morgan fingerprint density at radius 1 is 1.28 bits per heavy atom. The lowest BCUT2D eigenvalue weighted by molar-refractivity contribution is -0.113. The molecule has 0 atom stereocenters. The Morgan fingerprint density at radius 3 is 2.76 bits per heavy atom. The molecule has 0 spiro atoms. The van der Waals surface area contributed by atoms with Crippen molar-refractivity contribution in [3.8, 4) is 0 Å². The number of carbonyl (C=O) groups excluding carboxylic acids is 2. The van der Waals surface area contributed by atoms with Crippen LogP contribution in [0.1, 0.15) is 34.1 Å². The Morgan fingerprint density at radius 2 is 2.03 bits per heavy atom. The van der Waals surface area contributed by atoms with Crippen LogP contribution in [0.2, 0.25) is 0 Å². The van der Waals surface area contributed by atoms with Gasteiger partial charge in [-0.2, -0.15) is 0 Å². The third-order valence-corrected chi connectivity index (χ3v) is 6.49. The normalized spacial score (nSPS) is 11.2. The van der Waals surface area contributed by atoms with Gasteiger partial charge in [-0.15, -0.1) is 11.3 Å². The van der Waals surface area contributed by atoms with Gasteiger partial charge in [-0.25, -0.2) is 14.8 Å². The average Bonchev–Trinajstić information content (AvgIpc) is 3.20. The SMILES string of the molecule is Cc1cc2c(=O)[nH]c(SCC(=O)Nc3nc(C)c(C(=O)OCC(C)C)s3)nc2s1. The molecule has 1 amide bonds. The zero-order valence-corrected chi connectivity index (χ0v) is 18.8. The van der Waals surface area contributed by atoms with E-state index in [1.165, 1.54) is 11.3 Å². The zero-order chi connectivity index (χ0) is 21.1. The summed E-state index contributed by atoms with van der Waals surface area (Å²) in [7, 11) is 0. The molecule has 0 bridgehead atoms. The standard InChI is InChI=1S/C18H20N4O4S3/c1-8(2)6-26-16(25)13-10(4)19-18(29-13)20-12(23)7-27-17-21-14(24)11-5-9(3)28-15(11)22-17/h5,8H,6-7H2,1-4H3,(H,19,20,23)(H,21,22,24). The number of hydrogen-bond acceptors (Lipinski definition) is 9. The monoisotopic (exact) mass is 452 g/mol. The highest BCUT2D eigenvalue weighted by atomic mass is 32.2. The van der Waals surface area contributed by atoms with Crippen LogP contribution in [0, 0.1) is 19.8 Å². The van der Waals surface area contributed by atoms with Crippen LogP contribution in [0.3, 0.4) is 0 Å². The number of aromatic nitrogens is 3. The number of hydrogen-bond donors (Lipinski definition) is 2. The van der Waals surface area contributed by atoms with E-state index < -0.39 is 5.97 Å². The van der Waals surface area contributed by atoms with Crippen molar-refractivity contribution in [3.05, 3.63) is 31.9 Å². The number of amides is 1. The van der Waals surface area contributed by atoms with Crippen molar-refractivity contribution in [2.75, 3.05) is 17.7 Å². The van der Waals surface area contributed by atoms with E-state index in [1.807, 2.05) is 20.8 Å². The van der Waals surface area contributed by atoms with Gasteiger partial charge in [0.25, 0.3) is 5.56 Å². The van der Waals surface area contributed by atoms with E-state index in [1.54, 1.807) is 13.0 Å². The van der Waals surface area contributed by atoms with Crippen LogP contribution in [0.15, 0.2) is 16.0 Å². The molecular formula is C18H20N4O4S3. The lowest BCUT2D eigenvalue weighted by Gasteiger charge is -2.05. The summed E-state index contributed by atoms with van der Waals surface area (Å²) in [6, 6.07) is 1.79. The van der Waals surface area contributed by atoms with Gasteiger partial charge in [0.2, 0.25) is 5.91 Å². The first kappa shape index (κ1) is 21.5. The van der Waals surface area contributed by atoms with Gasteiger partial charge < -0.3 is 15.0 Å². The van der Waals surface area contributed by atoms with E-state index in [9.17, 15) is 14.4 Å². The number of esters is 1. The molecule has 3 aromatic rings. The molecule has 0 radical (unpaired) electrons. The Balaban J connectivity index is 1.60. The number of thioether (sulfide) groups is 1. The Bertz CT molecular complexity index is 1120. The summed E-state index contributed by atoms with van der Waals surface area (Å²) in [5.74, 6) is -0.466. The molecule has 0 unspecified atom stereocenters. The number of H-pyrrole nitrogens is 1. The van der Waals surface area contributed by atoms with Crippen molar-refractivity contribution in [2.45, 2.75) is 32.9 Å². The van der Waals surface area contributed by atoms with Crippen LogP contribution in [0.4, 0.5) is 5.13 Å². The molecule has 11 heteroatoms. The smallest absolute Gasteiger partial charge is 0.350 e. The number of thiazole rings is 1. The first-order valence-corrected chi connectivity index (χ1v) is 11.4. The van der Waals surface area contributed by atoms with Crippen LogP contribution in [-0.2, 0) is 9.53 Å². The molecule has 8 nitrogen and oxygen atoms in total. The Labute approximate surface area is 179 Å². The third-order valence-electron chi connectivity index (χ3n) is 3.62. The molecule has 2 N–H and O–H groups in total. The minimum absolute atomic E-state index is 0.0462. The highest BCUT2D eigenvalue weighted by Crippen LogP contribution is 2.25. The number of aryl methyl sites for hydroxylation is 2. The number of nitrogens with zero attached hydrogens (tertiary/aromatic N) is 2. The molecule has 3 aromatic heterocycles. The molecule has 0 fully saturated rings. The van der Waals surface area contributed by atoms with Crippen LogP contribution < -0.4 is 10.9 Å². The van der Waals surface area contributed by atoms with Crippen LogP contribution in [0.5, 0.6) is 0 Å². The molecule has 0 saturated heterocycles. The summed E-state index contributed by atoms with van der Waals surface area (Å²) in [5.41, 5.74) is 0.290. The fourth-order valence-corrected chi connectivity index (χ4v) is 4.81. The lowest BCUT2D eigenvalue weighted by atomic mass is 10.2. The maximum Gasteiger partial charge on any atom is 0.350 e. The van der Waals surface area contributed by atoms with Crippen LogP contribution >= 0.6 is 34.4 Å². The minimum Gasteiger partial charge on any atom is -0.461 e. The number of ether oxygens (including phenoxy) is 1. The molecule has 0 saturated carbocycles. The topological polar surface area (TPSA) is 114 Å². The summed E-state index contributed by atoms with van der Waals surface area (Å²) in [4.78, 5) is 49.8. The fraction of sp³-hybridized carbons (Fsp3) is 0.389. The minimum atomic E-state index is -0.440. The number of carbonyl (C=O) groups is 2. The molecule has 0 aliphatic carbocycles. The number of aromatic amines is 1. The van der Waals surface area contributed by atoms with E-state index in [-0.39, 0.29) is 23.1 Å². The average molecular weight is 453 g/mol. The van der Waals surface area contributed by atoms with Crippen molar-refractivity contribution in [2.24, 2.45) is 5.92 Å². The van der Waals surface area contributed by atoms with Crippen molar-refractivity contribution < 1.29 is 14.3 Å². The molecule has 29 heavy (non-hydrogen) atoms. The van der Waals surface area contributed by atoms with Crippen molar-refractivity contribution >= 4 is 61.7 Å². The van der Waals surface area contributed by atoms with Crippen molar-refractivity contribution in [1.82, 2.24) is 15.0 Å². The van der Waals surface area contributed by atoms with Gasteiger partial charge in [-0.05, 0) is 25.8 Å². The van der Waals surface area contributed by atoms with Gasteiger partial charge in [0.1, 0.15) is 9.71 Å². The van der Waals surface area contributed by atoms with E-state index in [0.29, 0.717) is 37.7 Å². The lowest BCUT2D eigenvalue weighted by Crippen LogP contribution is -2.15. The van der Waals surface area contributed by atoms with Gasteiger partial charge in [-0.3, -0.25) is 9.59 Å². The predicted octanol–water partition coefficient (Wildman–Crippen LogP) is 3.60. The molecule has 0 aromatic carbocycles. The van der Waals surface area contributed by atoms with Gasteiger partial charge in [-0.1, -0.05) is 36.9 Å². The third kappa shape index (κ3) is 5.43. The van der Waals surface area contributed by atoms with E-state index in [0.717, 1.165) is 28.0 Å². The number of thiophene rings is 1. The number of anilines is 1. The molecule has 0 aliphatic rings. The number of rotatable bonds is 7. The quantitative estimate of drug-likeness (QED) is 0.320. The van der Waals surface area contributed by atoms with Crippen LogP contribution in [0.25, 0.3) is 10.2 Å². The molecule has 154 valence electrons.